The van der Waals surface area contributed by atoms with Gasteiger partial charge in [0.2, 0.25) is 0 Å². The number of aryl methyl sites for hydroxylation is 1. The third kappa shape index (κ3) is 3.49. The number of aliphatic hydroxyl groups is 1. The number of pyridine rings is 2. The molecule has 164 valence electrons. The molecule has 4 heterocycles. The van der Waals surface area contributed by atoms with Gasteiger partial charge in [0.1, 0.15) is 12.4 Å². The summed E-state index contributed by atoms with van der Waals surface area (Å²) in [4.78, 5) is 29.4. The molecule has 2 aliphatic rings. The maximum Gasteiger partial charge on any atom is 0.340 e. The number of nitrogens with zero attached hydrogens (tertiary/aromatic N) is 2. The van der Waals surface area contributed by atoms with Gasteiger partial charge in [-0.05, 0) is 36.2 Å². The Bertz CT molecular complexity index is 1210. The number of aromatic nitrogens is 2. The Morgan fingerprint density at radius 2 is 1.84 bits per heavy atom. The van der Waals surface area contributed by atoms with Crippen molar-refractivity contribution < 1.29 is 19.7 Å². The Kier molecular flexibility index (Phi) is 6.45. The molecule has 5 rings (SSSR count). The van der Waals surface area contributed by atoms with Crippen LogP contribution in [-0.2, 0) is 29.1 Å². The smallest absolute Gasteiger partial charge is 0.340 e. The van der Waals surface area contributed by atoms with Gasteiger partial charge in [-0.15, -0.1) is 0 Å². The highest BCUT2D eigenvalue weighted by Gasteiger charge is 2.34. The van der Waals surface area contributed by atoms with Crippen LogP contribution in [0.25, 0.3) is 22.3 Å². The first-order valence-corrected chi connectivity index (χ1v) is 10.8. The van der Waals surface area contributed by atoms with E-state index in [-0.39, 0.29) is 17.9 Å². The van der Waals surface area contributed by atoms with Crippen LogP contribution >= 0.6 is 0 Å². The van der Waals surface area contributed by atoms with E-state index in [9.17, 15) is 19.8 Å². The topological polar surface area (TPSA) is 102 Å². The molecule has 3 aromatic rings. The molecule has 7 heteroatoms. The number of hydrogen-bond acceptors (Lipinski definition) is 6. The fraction of sp³-hybridized carbons (Fsp3) is 0.375. The standard InChI is InChI=1S/C20H16N2O5.2C2H6/c1-2-10-11-5-9(23)3-4-15(11)21-17-13(10)7-22-16(17)6-12-14(19(22)25)8-27-20(26)18(12)24;2*1-2/h3-6,18,23-24H,2,7-8H2,1H3;2*1-2H3. The third-order valence-corrected chi connectivity index (χ3v) is 5.41. The maximum atomic E-state index is 13.0. The summed E-state index contributed by atoms with van der Waals surface area (Å²) in [6.45, 7) is 10.2. The lowest BCUT2D eigenvalue weighted by atomic mass is 9.97. The fourth-order valence-electron chi connectivity index (χ4n) is 4.10. The number of rotatable bonds is 1. The van der Waals surface area contributed by atoms with E-state index in [0.29, 0.717) is 29.1 Å². The number of carbonyl (C=O) groups excluding carboxylic acids is 1. The van der Waals surface area contributed by atoms with Crippen molar-refractivity contribution in [3.63, 3.8) is 0 Å². The number of aliphatic hydroxyl groups excluding tert-OH is 1. The summed E-state index contributed by atoms with van der Waals surface area (Å²) in [5.41, 5.74) is 4.27. The first-order chi connectivity index (χ1) is 15.0. The van der Waals surface area contributed by atoms with Gasteiger partial charge in [-0.1, -0.05) is 34.6 Å². The van der Waals surface area contributed by atoms with Gasteiger partial charge in [-0.3, -0.25) is 4.79 Å². The van der Waals surface area contributed by atoms with Crippen molar-refractivity contribution in [2.24, 2.45) is 0 Å². The maximum absolute atomic E-state index is 13.0. The van der Waals surface area contributed by atoms with Crippen LogP contribution in [0, 0.1) is 0 Å². The Morgan fingerprint density at radius 3 is 2.52 bits per heavy atom. The number of ether oxygens (including phenoxy) is 1. The van der Waals surface area contributed by atoms with Crippen molar-refractivity contribution in [1.29, 1.82) is 0 Å². The summed E-state index contributed by atoms with van der Waals surface area (Å²) < 4.78 is 6.52. The van der Waals surface area contributed by atoms with Gasteiger partial charge in [0.15, 0.2) is 6.10 Å². The highest BCUT2D eigenvalue weighted by atomic mass is 16.5. The van der Waals surface area contributed by atoms with E-state index >= 15 is 0 Å². The van der Waals surface area contributed by atoms with Crippen molar-refractivity contribution in [2.45, 2.75) is 60.3 Å². The van der Waals surface area contributed by atoms with Crippen molar-refractivity contribution in [3.8, 4) is 17.1 Å². The van der Waals surface area contributed by atoms with E-state index < -0.39 is 12.1 Å². The Morgan fingerprint density at radius 1 is 1.13 bits per heavy atom. The molecule has 2 N–H and O–H groups in total. The summed E-state index contributed by atoms with van der Waals surface area (Å²) in [7, 11) is 0. The summed E-state index contributed by atoms with van der Waals surface area (Å²) in [6, 6.07) is 6.69. The van der Waals surface area contributed by atoms with Crippen LogP contribution in [0.3, 0.4) is 0 Å². The predicted octanol–water partition coefficient (Wildman–Crippen LogP) is 3.84. The first kappa shape index (κ1) is 22.5. The SMILES string of the molecule is CC.CC.CCc1c2c(nc3ccc(O)cc13)-c1cc3c(c(=O)n1C2)COC(=O)C3O. The molecule has 2 aliphatic heterocycles. The zero-order chi connectivity index (χ0) is 22.9. The molecular weight excluding hydrogens is 396 g/mol. The summed E-state index contributed by atoms with van der Waals surface area (Å²) in [5, 5.41) is 20.9. The van der Waals surface area contributed by atoms with Crippen LogP contribution in [0.5, 0.6) is 5.75 Å². The second kappa shape index (κ2) is 8.89. The van der Waals surface area contributed by atoms with Crippen molar-refractivity contribution >= 4 is 16.9 Å². The third-order valence-electron chi connectivity index (χ3n) is 5.41. The lowest BCUT2D eigenvalue weighted by molar-refractivity contribution is -0.157. The van der Waals surface area contributed by atoms with E-state index in [2.05, 4.69) is 0 Å². The molecule has 7 nitrogen and oxygen atoms in total. The minimum absolute atomic E-state index is 0.134. The van der Waals surface area contributed by atoms with Crippen LogP contribution in [-0.4, -0.2) is 25.7 Å². The summed E-state index contributed by atoms with van der Waals surface area (Å²) in [6.07, 6.45) is -0.739. The quantitative estimate of drug-likeness (QED) is 0.450. The molecule has 0 saturated heterocycles. The Balaban J connectivity index is 0.000000645. The van der Waals surface area contributed by atoms with E-state index in [1.807, 2.05) is 34.6 Å². The normalized spacial score (nSPS) is 15.5. The number of carbonyl (C=O) groups is 1. The van der Waals surface area contributed by atoms with E-state index in [0.717, 1.165) is 28.5 Å². The second-order valence-corrected chi connectivity index (χ2v) is 6.84. The van der Waals surface area contributed by atoms with Crippen molar-refractivity contribution in [1.82, 2.24) is 9.55 Å². The van der Waals surface area contributed by atoms with Gasteiger partial charge in [0, 0.05) is 16.5 Å². The molecule has 0 saturated carbocycles. The molecular formula is C24H28N2O5. The van der Waals surface area contributed by atoms with Crippen molar-refractivity contribution in [2.75, 3.05) is 0 Å². The highest BCUT2D eigenvalue weighted by Crippen LogP contribution is 2.38. The van der Waals surface area contributed by atoms with Gasteiger partial charge in [-0.25, -0.2) is 9.78 Å². The number of aromatic hydroxyl groups is 1. The predicted molar refractivity (Wildman–Crippen MR) is 119 cm³/mol. The molecule has 1 atom stereocenters. The monoisotopic (exact) mass is 424 g/mol. The minimum atomic E-state index is -1.46. The molecule has 31 heavy (non-hydrogen) atoms. The van der Waals surface area contributed by atoms with Gasteiger partial charge in [0.25, 0.3) is 5.56 Å². The minimum Gasteiger partial charge on any atom is -0.508 e. The molecule has 0 aliphatic carbocycles. The summed E-state index contributed by atoms with van der Waals surface area (Å²) >= 11 is 0. The number of phenolic OH excluding ortho intramolecular Hbond substituents is 1. The first-order valence-electron chi connectivity index (χ1n) is 10.8. The highest BCUT2D eigenvalue weighted by molar-refractivity contribution is 5.89. The van der Waals surface area contributed by atoms with Crippen molar-refractivity contribution in [3.05, 3.63) is 56.9 Å². The fourth-order valence-corrected chi connectivity index (χ4v) is 4.10. The number of fused-ring (bicyclic) bond motifs is 5. The molecule has 0 bridgehead atoms. The van der Waals surface area contributed by atoms with E-state index in [4.69, 9.17) is 9.72 Å². The number of esters is 1. The average Bonchev–Trinajstić information content (AvgIpc) is 3.16. The zero-order valence-electron chi connectivity index (χ0n) is 18.5. The molecule has 0 amide bonds. The van der Waals surface area contributed by atoms with Gasteiger partial charge in [-0.2, -0.15) is 0 Å². The number of cyclic esters (lactones) is 1. The van der Waals surface area contributed by atoms with Crippen LogP contribution in [0.4, 0.5) is 0 Å². The van der Waals surface area contributed by atoms with Crippen LogP contribution in [0.1, 0.15) is 63.0 Å². The number of hydrogen-bond donors (Lipinski definition) is 2. The Labute approximate surface area is 180 Å². The molecule has 2 aromatic heterocycles. The Hall–Kier alpha value is -3.19. The molecule has 1 unspecified atom stereocenters. The number of benzene rings is 1. The van der Waals surface area contributed by atoms with Crippen LogP contribution in [0.2, 0.25) is 0 Å². The largest absolute Gasteiger partial charge is 0.508 e. The van der Waals surface area contributed by atoms with E-state index in [1.54, 1.807) is 28.8 Å². The van der Waals surface area contributed by atoms with Crippen LogP contribution < -0.4 is 5.56 Å². The van der Waals surface area contributed by atoms with Crippen LogP contribution in [0.15, 0.2) is 29.1 Å². The summed E-state index contributed by atoms with van der Waals surface area (Å²) in [5.74, 6) is -0.581. The zero-order valence-corrected chi connectivity index (χ0v) is 18.5. The lowest BCUT2D eigenvalue weighted by Crippen LogP contribution is -2.32. The second-order valence-electron chi connectivity index (χ2n) is 6.84. The molecule has 1 aromatic carbocycles. The van der Waals surface area contributed by atoms with Gasteiger partial charge in [0.05, 0.1) is 29.0 Å². The molecule has 0 radical (unpaired) electrons. The lowest BCUT2D eigenvalue weighted by Gasteiger charge is -2.21. The number of phenols is 1. The average molecular weight is 424 g/mol. The van der Waals surface area contributed by atoms with Gasteiger partial charge < -0.3 is 19.5 Å². The molecule has 0 spiro atoms. The van der Waals surface area contributed by atoms with Gasteiger partial charge >= 0.3 is 5.97 Å². The van der Waals surface area contributed by atoms with E-state index in [1.165, 1.54) is 0 Å². The molecule has 0 fully saturated rings.